The molecule has 0 aromatic heterocycles. The SMILES string of the molecule is C=CC(=O)OCN(CCCCCCCCCCCCCC)CCCCCCCCCCCCCC. The molecule has 0 saturated carbocycles. The van der Waals surface area contributed by atoms with Gasteiger partial charge in [-0.15, -0.1) is 0 Å². The standard InChI is InChI=1S/C32H63NO2/c1-4-7-9-11-13-15-17-19-21-23-25-27-29-33(31-35-32(34)6-3)30-28-26-24-22-20-18-16-14-12-10-8-5-2/h6H,3-5,7-31H2,1-2H3. The number of hydrogen-bond acceptors (Lipinski definition) is 3. The maximum absolute atomic E-state index is 11.5. The van der Waals surface area contributed by atoms with E-state index in [4.69, 9.17) is 4.74 Å². The highest BCUT2D eigenvalue weighted by Gasteiger charge is 2.07. The maximum atomic E-state index is 11.5. The lowest BCUT2D eigenvalue weighted by Gasteiger charge is -2.21. The zero-order valence-electron chi connectivity index (χ0n) is 24.1. The van der Waals surface area contributed by atoms with Gasteiger partial charge in [0.15, 0.2) is 0 Å². The van der Waals surface area contributed by atoms with Crippen LogP contribution in [0.1, 0.15) is 168 Å². The van der Waals surface area contributed by atoms with Crippen molar-refractivity contribution in [1.29, 1.82) is 0 Å². The lowest BCUT2D eigenvalue weighted by atomic mass is 10.0. The van der Waals surface area contributed by atoms with Crippen LogP contribution in [-0.2, 0) is 9.53 Å². The van der Waals surface area contributed by atoms with Crippen LogP contribution >= 0.6 is 0 Å². The van der Waals surface area contributed by atoms with Gasteiger partial charge in [0.25, 0.3) is 0 Å². The second kappa shape index (κ2) is 29.4. The van der Waals surface area contributed by atoms with Crippen LogP contribution in [0.15, 0.2) is 12.7 Å². The Morgan fingerprint density at radius 1 is 0.543 bits per heavy atom. The highest BCUT2D eigenvalue weighted by Crippen LogP contribution is 2.14. The molecule has 3 nitrogen and oxygen atoms in total. The average Bonchev–Trinajstić information content (AvgIpc) is 2.87. The van der Waals surface area contributed by atoms with E-state index in [1.54, 1.807) is 0 Å². The Hall–Kier alpha value is -0.830. The lowest BCUT2D eigenvalue weighted by Crippen LogP contribution is -2.30. The van der Waals surface area contributed by atoms with Crippen molar-refractivity contribution in [2.75, 3.05) is 19.8 Å². The molecule has 0 amide bonds. The molecule has 0 aromatic rings. The number of hydrogen-bond donors (Lipinski definition) is 0. The van der Waals surface area contributed by atoms with Gasteiger partial charge in [-0.3, -0.25) is 4.90 Å². The Morgan fingerprint density at radius 3 is 1.11 bits per heavy atom. The number of carbonyl (C=O) groups is 1. The highest BCUT2D eigenvalue weighted by molar-refractivity contribution is 5.81. The minimum atomic E-state index is -0.306. The summed E-state index contributed by atoms with van der Waals surface area (Å²) in [4.78, 5) is 13.8. The van der Waals surface area contributed by atoms with Crippen molar-refractivity contribution in [3.63, 3.8) is 0 Å². The van der Waals surface area contributed by atoms with E-state index in [0.717, 1.165) is 13.1 Å². The molecule has 3 heteroatoms. The second-order valence-electron chi connectivity index (χ2n) is 10.7. The van der Waals surface area contributed by atoms with Crippen LogP contribution in [-0.4, -0.2) is 30.7 Å². The molecular formula is C32H63NO2. The Labute approximate surface area is 220 Å². The molecule has 0 rings (SSSR count). The van der Waals surface area contributed by atoms with E-state index < -0.39 is 0 Å². The Balaban J connectivity index is 3.71. The third-order valence-corrected chi connectivity index (χ3v) is 7.21. The number of nitrogens with zero attached hydrogens (tertiary/aromatic N) is 1. The van der Waals surface area contributed by atoms with Gasteiger partial charge in [-0.1, -0.05) is 162 Å². The molecule has 208 valence electrons. The van der Waals surface area contributed by atoms with E-state index in [2.05, 4.69) is 25.3 Å². The predicted octanol–water partition coefficient (Wildman–Crippen LogP) is 10.4. The van der Waals surface area contributed by atoms with E-state index in [9.17, 15) is 4.79 Å². The molecule has 0 aliphatic carbocycles. The summed E-state index contributed by atoms with van der Waals surface area (Å²) >= 11 is 0. The minimum absolute atomic E-state index is 0.306. The number of ether oxygens (including phenoxy) is 1. The molecule has 0 aliphatic heterocycles. The maximum Gasteiger partial charge on any atom is 0.331 e. The van der Waals surface area contributed by atoms with Crippen LogP contribution < -0.4 is 0 Å². The van der Waals surface area contributed by atoms with Crippen molar-refractivity contribution >= 4 is 5.97 Å². The van der Waals surface area contributed by atoms with Gasteiger partial charge in [0.1, 0.15) is 6.73 Å². The van der Waals surface area contributed by atoms with Crippen LogP contribution in [0.3, 0.4) is 0 Å². The van der Waals surface area contributed by atoms with Gasteiger partial charge in [0, 0.05) is 19.2 Å². The molecule has 0 aromatic carbocycles. The molecule has 0 bridgehead atoms. The van der Waals surface area contributed by atoms with E-state index in [1.165, 1.54) is 160 Å². The molecule has 0 unspecified atom stereocenters. The summed E-state index contributed by atoms with van der Waals surface area (Å²) in [5.74, 6) is -0.306. The van der Waals surface area contributed by atoms with E-state index in [1.807, 2.05) is 0 Å². The van der Waals surface area contributed by atoms with Gasteiger partial charge in [-0.2, -0.15) is 0 Å². The topological polar surface area (TPSA) is 29.5 Å². The Bertz CT molecular complexity index is 409. The summed E-state index contributed by atoms with van der Waals surface area (Å²) in [5, 5.41) is 0. The fourth-order valence-electron chi connectivity index (χ4n) is 4.81. The van der Waals surface area contributed by atoms with Crippen molar-refractivity contribution in [3.8, 4) is 0 Å². The molecule has 0 spiro atoms. The first-order chi connectivity index (χ1) is 17.2. The van der Waals surface area contributed by atoms with Crippen LogP contribution in [0.4, 0.5) is 0 Å². The predicted molar refractivity (Wildman–Crippen MR) is 155 cm³/mol. The summed E-state index contributed by atoms with van der Waals surface area (Å²) in [6.07, 6.45) is 34.2. The molecular weight excluding hydrogens is 430 g/mol. The normalized spacial score (nSPS) is 11.3. The largest absolute Gasteiger partial charge is 0.446 e. The number of unbranched alkanes of at least 4 members (excludes halogenated alkanes) is 22. The average molecular weight is 494 g/mol. The zero-order valence-corrected chi connectivity index (χ0v) is 24.1. The van der Waals surface area contributed by atoms with E-state index in [0.29, 0.717) is 6.73 Å². The lowest BCUT2D eigenvalue weighted by molar-refractivity contribution is -0.142. The molecule has 0 heterocycles. The first-order valence-electron chi connectivity index (χ1n) is 15.8. The van der Waals surface area contributed by atoms with Gasteiger partial charge in [0.05, 0.1) is 0 Å². The number of esters is 1. The molecule has 0 saturated heterocycles. The van der Waals surface area contributed by atoms with Crippen LogP contribution in [0, 0.1) is 0 Å². The summed E-state index contributed by atoms with van der Waals surface area (Å²) in [7, 11) is 0. The fraction of sp³-hybridized carbons (Fsp3) is 0.906. The first kappa shape index (κ1) is 34.2. The summed E-state index contributed by atoms with van der Waals surface area (Å²) in [5.41, 5.74) is 0. The molecule has 0 N–H and O–H groups in total. The fourth-order valence-corrected chi connectivity index (χ4v) is 4.81. The van der Waals surface area contributed by atoms with Gasteiger partial charge in [-0.25, -0.2) is 4.79 Å². The molecule has 35 heavy (non-hydrogen) atoms. The third-order valence-electron chi connectivity index (χ3n) is 7.21. The summed E-state index contributed by atoms with van der Waals surface area (Å²) < 4.78 is 5.34. The van der Waals surface area contributed by atoms with Crippen molar-refractivity contribution in [3.05, 3.63) is 12.7 Å². The summed E-state index contributed by atoms with van der Waals surface area (Å²) in [6.45, 7) is 10.6. The van der Waals surface area contributed by atoms with Crippen LogP contribution in [0.25, 0.3) is 0 Å². The van der Waals surface area contributed by atoms with Gasteiger partial charge in [0.2, 0.25) is 0 Å². The van der Waals surface area contributed by atoms with Gasteiger partial charge >= 0.3 is 5.97 Å². The molecule has 0 radical (unpaired) electrons. The van der Waals surface area contributed by atoms with Gasteiger partial charge in [-0.05, 0) is 12.8 Å². The van der Waals surface area contributed by atoms with Crippen molar-refractivity contribution < 1.29 is 9.53 Å². The minimum Gasteiger partial charge on any atom is -0.446 e. The van der Waals surface area contributed by atoms with Crippen molar-refractivity contribution in [1.82, 2.24) is 4.90 Å². The Kier molecular flexibility index (Phi) is 28.7. The van der Waals surface area contributed by atoms with Crippen LogP contribution in [0.2, 0.25) is 0 Å². The molecule has 0 fully saturated rings. The number of rotatable bonds is 29. The van der Waals surface area contributed by atoms with Crippen molar-refractivity contribution in [2.24, 2.45) is 0 Å². The van der Waals surface area contributed by atoms with E-state index in [-0.39, 0.29) is 5.97 Å². The Morgan fingerprint density at radius 2 is 0.829 bits per heavy atom. The third kappa shape index (κ3) is 27.6. The smallest absolute Gasteiger partial charge is 0.331 e. The van der Waals surface area contributed by atoms with Gasteiger partial charge < -0.3 is 4.74 Å². The highest BCUT2D eigenvalue weighted by atomic mass is 16.5. The molecule has 0 aliphatic rings. The van der Waals surface area contributed by atoms with E-state index >= 15 is 0 Å². The first-order valence-corrected chi connectivity index (χ1v) is 15.8. The monoisotopic (exact) mass is 493 g/mol. The van der Waals surface area contributed by atoms with Crippen molar-refractivity contribution in [2.45, 2.75) is 168 Å². The zero-order chi connectivity index (χ0) is 25.7. The second-order valence-corrected chi connectivity index (χ2v) is 10.7. The summed E-state index contributed by atoms with van der Waals surface area (Å²) in [6, 6.07) is 0. The van der Waals surface area contributed by atoms with Crippen LogP contribution in [0.5, 0.6) is 0 Å². The quantitative estimate of drug-likeness (QED) is 0.0449. The number of carbonyl (C=O) groups excluding carboxylic acids is 1. The molecule has 0 atom stereocenters.